The lowest BCUT2D eigenvalue weighted by molar-refractivity contribution is -0.117. The Kier molecular flexibility index (Phi) is 5.62. The number of amides is 1. The molecule has 1 N–H and O–H groups in total. The lowest BCUT2D eigenvalue weighted by Crippen LogP contribution is -2.36. The summed E-state index contributed by atoms with van der Waals surface area (Å²) in [5.41, 5.74) is 5.46. The van der Waals surface area contributed by atoms with E-state index in [1.54, 1.807) is 11.8 Å². The largest absolute Gasteiger partial charge is 0.372 e. The Morgan fingerprint density at radius 3 is 2.43 bits per heavy atom. The molecule has 1 heterocycles. The van der Waals surface area contributed by atoms with E-state index in [4.69, 9.17) is 0 Å². The smallest absolute Gasteiger partial charge is 0.224 e. The molecule has 1 atom stereocenters. The molecule has 0 saturated heterocycles. The maximum absolute atomic E-state index is 13.1. The van der Waals surface area contributed by atoms with Crippen LogP contribution in [0.4, 0.5) is 17.1 Å². The van der Waals surface area contributed by atoms with Gasteiger partial charge in [0.15, 0.2) is 5.78 Å². The molecule has 0 fully saturated rings. The predicted octanol–water partition coefficient (Wildman–Crippen LogP) is 5.06. The number of ketones is 1. The van der Waals surface area contributed by atoms with Gasteiger partial charge in [-0.05, 0) is 56.5 Å². The van der Waals surface area contributed by atoms with E-state index in [0.717, 1.165) is 59.8 Å². The number of hydrogen-bond acceptors (Lipinski definition) is 4. The number of fused-ring (bicyclic) bond motifs is 1. The highest BCUT2D eigenvalue weighted by atomic mass is 16.2. The minimum atomic E-state index is -0.424. The standard InChI is InChI=1S/C25H29N3O2/c1-4-27(5-2)19-15-13-18(14-16-19)25-24-21(10-8-12-23(24)30)26-20-9-6-7-11-22(20)28(25)17(3)29/h6-7,9,11,13-16,25-26H,4-5,8,10,12H2,1-3H3/t25-/m1/s1. The first-order valence-corrected chi connectivity index (χ1v) is 10.8. The van der Waals surface area contributed by atoms with Crippen LogP contribution in [0.5, 0.6) is 0 Å². The van der Waals surface area contributed by atoms with Gasteiger partial charge in [-0.2, -0.15) is 0 Å². The van der Waals surface area contributed by atoms with Crippen molar-refractivity contribution in [3.8, 4) is 0 Å². The third kappa shape index (κ3) is 3.49. The number of Topliss-reactive ketones (excluding diaryl/α,β-unsaturated/α-hetero) is 1. The molecule has 2 aliphatic rings. The van der Waals surface area contributed by atoms with Gasteiger partial charge in [0, 0.05) is 43.4 Å². The average molecular weight is 404 g/mol. The van der Waals surface area contributed by atoms with E-state index in [1.165, 1.54) is 0 Å². The molecule has 156 valence electrons. The number of carbonyl (C=O) groups is 2. The van der Waals surface area contributed by atoms with Crippen molar-refractivity contribution in [3.63, 3.8) is 0 Å². The molecule has 1 aliphatic heterocycles. The van der Waals surface area contributed by atoms with Crippen LogP contribution in [-0.4, -0.2) is 24.8 Å². The van der Waals surface area contributed by atoms with Crippen LogP contribution in [-0.2, 0) is 9.59 Å². The number of allylic oxidation sites excluding steroid dienone is 1. The number of nitrogens with zero attached hydrogens (tertiary/aromatic N) is 2. The quantitative estimate of drug-likeness (QED) is 0.775. The fraction of sp³-hybridized carbons (Fsp3) is 0.360. The molecule has 1 aliphatic carbocycles. The maximum atomic E-state index is 13.1. The topological polar surface area (TPSA) is 52.7 Å². The van der Waals surface area contributed by atoms with Crippen LogP contribution in [0.1, 0.15) is 51.6 Å². The zero-order chi connectivity index (χ0) is 21.3. The number of nitrogens with one attached hydrogen (secondary N) is 1. The number of carbonyl (C=O) groups excluding carboxylic acids is 2. The molecule has 0 radical (unpaired) electrons. The van der Waals surface area contributed by atoms with Gasteiger partial charge in [0.25, 0.3) is 0 Å². The van der Waals surface area contributed by atoms with E-state index in [1.807, 2.05) is 24.3 Å². The van der Waals surface area contributed by atoms with Crippen molar-refractivity contribution in [3.05, 3.63) is 65.4 Å². The van der Waals surface area contributed by atoms with Gasteiger partial charge in [0.1, 0.15) is 0 Å². The number of para-hydroxylation sites is 2. The minimum absolute atomic E-state index is 0.0748. The number of rotatable bonds is 4. The van der Waals surface area contributed by atoms with Gasteiger partial charge < -0.3 is 10.2 Å². The lowest BCUT2D eigenvalue weighted by atomic mass is 9.85. The van der Waals surface area contributed by atoms with Crippen LogP contribution in [0.15, 0.2) is 59.8 Å². The molecule has 5 heteroatoms. The summed E-state index contributed by atoms with van der Waals surface area (Å²) in [4.78, 5) is 30.1. The second-order valence-corrected chi connectivity index (χ2v) is 7.87. The Hall–Kier alpha value is -3.08. The van der Waals surface area contributed by atoms with Gasteiger partial charge in [-0.1, -0.05) is 24.3 Å². The Morgan fingerprint density at radius 1 is 1.07 bits per heavy atom. The van der Waals surface area contributed by atoms with Crippen molar-refractivity contribution in [2.24, 2.45) is 0 Å². The zero-order valence-electron chi connectivity index (χ0n) is 17.9. The number of hydrogen-bond donors (Lipinski definition) is 1. The Morgan fingerprint density at radius 2 is 1.77 bits per heavy atom. The summed E-state index contributed by atoms with van der Waals surface area (Å²) >= 11 is 0. The molecule has 5 nitrogen and oxygen atoms in total. The normalized spacial score (nSPS) is 18.3. The zero-order valence-corrected chi connectivity index (χ0v) is 17.9. The molecule has 2 aromatic carbocycles. The van der Waals surface area contributed by atoms with E-state index >= 15 is 0 Å². The summed E-state index contributed by atoms with van der Waals surface area (Å²) in [7, 11) is 0. The van der Waals surface area contributed by atoms with E-state index in [0.29, 0.717) is 6.42 Å². The number of benzene rings is 2. The molecule has 1 amide bonds. The van der Waals surface area contributed by atoms with Crippen molar-refractivity contribution in [1.82, 2.24) is 0 Å². The van der Waals surface area contributed by atoms with Gasteiger partial charge in [-0.25, -0.2) is 0 Å². The molecule has 0 spiro atoms. The molecular formula is C25H29N3O2. The van der Waals surface area contributed by atoms with Crippen molar-refractivity contribution >= 4 is 28.8 Å². The maximum Gasteiger partial charge on any atom is 0.224 e. The Balaban J connectivity index is 1.89. The molecule has 0 saturated carbocycles. The van der Waals surface area contributed by atoms with Gasteiger partial charge in [0.2, 0.25) is 5.91 Å². The summed E-state index contributed by atoms with van der Waals surface area (Å²) < 4.78 is 0. The van der Waals surface area contributed by atoms with E-state index in [-0.39, 0.29) is 11.7 Å². The molecular weight excluding hydrogens is 374 g/mol. The van der Waals surface area contributed by atoms with Gasteiger partial charge in [0.05, 0.1) is 17.4 Å². The second kappa shape index (κ2) is 8.34. The van der Waals surface area contributed by atoms with Gasteiger partial charge in [-0.15, -0.1) is 0 Å². The summed E-state index contributed by atoms with van der Waals surface area (Å²) in [6, 6.07) is 15.7. The van der Waals surface area contributed by atoms with Crippen LogP contribution in [0.2, 0.25) is 0 Å². The van der Waals surface area contributed by atoms with Crippen LogP contribution in [0.25, 0.3) is 0 Å². The molecule has 0 aromatic heterocycles. The molecule has 4 rings (SSSR count). The van der Waals surface area contributed by atoms with Crippen LogP contribution in [0, 0.1) is 0 Å². The van der Waals surface area contributed by atoms with Crippen molar-refractivity contribution in [1.29, 1.82) is 0 Å². The highest BCUT2D eigenvalue weighted by Gasteiger charge is 2.38. The van der Waals surface area contributed by atoms with E-state index in [9.17, 15) is 9.59 Å². The first-order chi connectivity index (χ1) is 14.5. The Labute approximate surface area is 178 Å². The average Bonchev–Trinajstić information content (AvgIpc) is 2.90. The second-order valence-electron chi connectivity index (χ2n) is 7.87. The lowest BCUT2D eigenvalue weighted by Gasteiger charge is -2.33. The monoisotopic (exact) mass is 403 g/mol. The van der Waals surface area contributed by atoms with Crippen LogP contribution < -0.4 is 15.1 Å². The van der Waals surface area contributed by atoms with Gasteiger partial charge in [-0.3, -0.25) is 14.5 Å². The SMILES string of the molecule is CCN(CC)c1ccc([C@@H]2C3=C(CCCC3=O)Nc3ccccc3N2C(C)=O)cc1. The van der Waals surface area contributed by atoms with Crippen LogP contribution in [0.3, 0.4) is 0 Å². The Bertz CT molecular complexity index is 990. The van der Waals surface area contributed by atoms with Crippen molar-refractivity contribution in [2.75, 3.05) is 28.2 Å². The van der Waals surface area contributed by atoms with Gasteiger partial charge >= 0.3 is 0 Å². The van der Waals surface area contributed by atoms with Crippen molar-refractivity contribution < 1.29 is 9.59 Å². The first-order valence-electron chi connectivity index (χ1n) is 10.8. The minimum Gasteiger partial charge on any atom is -0.372 e. The highest BCUT2D eigenvalue weighted by Crippen LogP contribution is 2.44. The summed E-state index contributed by atoms with van der Waals surface area (Å²) in [5.74, 6) is 0.0508. The fourth-order valence-corrected chi connectivity index (χ4v) is 4.65. The van der Waals surface area contributed by atoms with E-state index < -0.39 is 6.04 Å². The predicted molar refractivity (Wildman–Crippen MR) is 122 cm³/mol. The summed E-state index contributed by atoms with van der Waals surface area (Å²) in [5, 5.41) is 3.48. The third-order valence-electron chi connectivity index (χ3n) is 6.11. The first kappa shape index (κ1) is 20.2. The summed E-state index contributed by atoms with van der Waals surface area (Å²) in [6.07, 6.45) is 2.17. The van der Waals surface area contributed by atoms with Crippen molar-refractivity contribution in [2.45, 2.75) is 46.1 Å². The third-order valence-corrected chi connectivity index (χ3v) is 6.11. The molecule has 0 unspecified atom stereocenters. The summed E-state index contributed by atoms with van der Waals surface area (Å²) in [6.45, 7) is 7.72. The van der Waals surface area contributed by atoms with Crippen LogP contribution >= 0.6 is 0 Å². The molecule has 30 heavy (non-hydrogen) atoms. The number of anilines is 3. The molecule has 2 aromatic rings. The van der Waals surface area contributed by atoms with E-state index in [2.05, 4.69) is 48.3 Å². The highest BCUT2D eigenvalue weighted by molar-refractivity contribution is 6.05. The fourth-order valence-electron chi connectivity index (χ4n) is 4.65. The molecule has 0 bridgehead atoms.